The molecule has 0 bridgehead atoms. The van der Waals surface area contributed by atoms with Gasteiger partial charge in [0, 0.05) is 12.2 Å². The average molecular weight is 385 g/mol. The van der Waals surface area contributed by atoms with Gasteiger partial charge >= 0.3 is 6.03 Å². The van der Waals surface area contributed by atoms with Crippen molar-refractivity contribution in [2.75, 3.05) is 5.32 Å². The second kappa shape index (κ2) is 7.59. The van der Waals surface area contributed by atoms with Crippen LogP contribution in [0.4, 0.5) is 10.5 Å². The molecule has 0 spiro atoms. The Kier molecular flexibility index (Phi) is 4.83. The van der Waals surface area contributed by atoms with Crippen molar-refractivity contribution in [2.24, 2.45) is 0 Å². The Balaban J connectivity index is 1.40. The molecule has 0 atom stereocenters. The van der Waals surface area contributed by atoms with E-state index in [9.17, 15) is 14.4 Å². The number of amides is 4. The highest BCUT2D eigenvalue weighted by Gasteiger charge is 2.26. The van der Waals surface area contributed by atoms with Gasteiger partial charge in [-0.1, -0.05) is 48.0 Å². The van der Waals surface area contributed by atoms with Gasteiger partial charge in [0.15, 0.2) is 0 Å². The minimum absolute atomic E-state index is 0.263. The van der Waals surface area contributed by atoms with E-state index >= 15 is 0 Å². The molecule has 0 saturated carbocycles. The van der Waals surface area contributed by atoms with Gasteiger partial charge in [0.1, 0.15) is 0 Å². The van der Waals surface area contributed by atoms with Crippen LogP contribution in [-0.4, -0.2) is 17.8 Å². The van der Waals surface area contributed by atoms with Gasteiger partial charge in [-0.05, 0) is 47.9 Å². The Morgan fingerprint density at radius 3 is 2.41 bits per heavy atom. The van der Waals surface area contributed by atoms with Crippen LogP contribution < -0.4 is 16.0 Å². The molecule has 6 heteroatoms. The van der Waals surface area contributed by atoms with E-state index in [1.165, 1.54) is 17.7 Å². The summed E-state index contributed by atoms with van der Waals surface area (Å²) in [5, 5.41) is 7.72. The molecule has 29 heavy (non-hydrogen) atoms. The van der Waals surface area contributed by atoms with Crippen LogP contribution in [0.3, 0.4) is 0 Å². The lowest BCUT2D eigenvalue weighted by Crippen LogP contribution is -2.28. The summed E-state index contributed by atoms with van der Waals surface area (Å²) in [5.74, 6) is -0.878. The predicted molar refractivity (Wildman–Crippen MR) is 111 cm³/mol. The van der Waals surface area contributed by atoms with Gasteiger partial charge in [-0.2, -0.15) is 0 Å². The number of nitrogens with one attached hydrogen (secondary N) is 3. The van der Waals surface area contributed by atoms with E-state index < -0.39 is 17.8 Å². The molecule has 3 N–H and O–H groups in total. The lowest BCUT2D eigenvalue weighted by Gasteiger charge is -2.10. The molecule has 0 unspecified atom stereocenters. The largest absolute Gasteiger partial charge is 0.334 e. The molecule has 4 rings (SSSR count). The van der Waals surface area contributed by atoms with Gasteiger partial charge in [-0.3, -0.25) is 14.9 Å². The molecular formula is C23H19N3O3. The van der Waals surface area contributed by atoms with E-state index in [0.717, 1.165) is 16.7 Å². The lowest BCUT2D eigenvalue weighted by atomic mass is 10.0. The number of carbonyl (C=O) groups excluding carboxylic acids is 3. The summed E-state index contributed by atoms with van der Waals surface area (Å²) in [7, 11) is 0. The Bertz CT molecular complexity index is 1120. The van der Waals surface area contributed by atoms with Crippen LogP contribution in [0.5, 0.6) is 0 Å². The Morgan fingerprint density at radius 1 is 0.862 bits per heavy atom. The third kappa shape index (κ3) is 4.01. The zero-order valence-electron chi connectivity index (χ0n) is 15.8. The van der Waals surface area contributed by atoms with Crippen LogP contribution in [0.2, 0.25) is 0 Å². The average Bonchev–Trinajstić information content (AvgIpc) is 3.00. The van der Waals surface area contributed by atoms with E-state index in [0.29, 0.717) is 17.8 Å². The van der Waals surface area contributed by atoms with Crippen molar-refractivity contribution in [3.8, 4) is 11.1 Å². The molecule has 0 saturated heterocycles. The quantitative estimate of drug-likeness (QED) is 0.596. The monoisotopic (exact) mass is 385 g/mol. The van der Waals surface area contributed by atoms with Crippen LogP contribution in [0, 0.1) is 6.92 Å². The van der Waals surface area contributed by atoms with Gasteiger partial charge < -0.3 is 10.6 Å². The summed E-state index contributed by atoms with van der Waals surface area (Å²) >= 11 is 0. The zero-order valence-corrected chi connectivity index (χ0v) is 15.8. The van der Waals surface area contributed by atoms with Crippen LogP contribution in [0.1, 0.15) is 31.8 Å². The van der Waals surface area contributed by atoms with Gasteiger partial charge in [0.2, 0.25) is 0 Å². The molecule has 0 radical (unpaired) electrons. The maximum atomic E-state index is 12.2. The van der Waals surface area contributed by atoms with Crippen LogP contribution >= 0.6 is 0 Å². The van der Waals surface area contributed by atoms with Gasteiger partial charge in [-0.25, -0.2) is 4.79 Å². The standard InChI is InChI=1S/C23H19N3O3/c1-14-5-7-16(8-6-14)17-4-2-3-15(11-17)13-24-23(29)25-18-9-10-19-20(12-18)22(28)26-21(19)27/h2-12H,13H2,1H3,(H2,24,25,29)(H,26,27,28). The lowest BCUT2D eigenvalue weighted by molar-refractivity contribution is 0.0879. The second-order valence-corrected chi connectivity index (χ2v) is 6.92. The smallest absolute Gasteiger partial charge is 0.319 e. The molecule has 1 aliphatic rings. The number of urea groups is 1. The summed E-state index contributed by atoms with van der Waals surface area (Å²) in [6.45, 7) is 2.41. The van der Waals surface area contributed by atoms with E-state index in [4.69, 9.17) is 0 Å². The molecule has 4 amide bonds. The van der Waals surface area contributed by atoms with Crippen molar-refractivity contribution in [3.63, 3.8) is 0 Å². The number of imide groups is 1. The van der Waals surface area contributed by atoms with E-state index in [1.54, 1.807) is 6.07 Å². The summed E-state index contributed by atoms with van der Waals surface area (Å²) in [5.41, 5.74) is 5.40. The number of anilines is 1. The second-order valence-electron chi connectivity index (χ2n) is 6.92. The van der Waals surface area contributed by atoms with Gasteiger partial charge in [-0.15, -0.1) is 0 Å². The maximum absolute atomic E-state index is 12.2. The number of fused-ring (bicyclic) bond motifs is 1. The normalized spacial score (nSPS) is 12.3. The molecule has 1 aliphatic heterocycles. The fourth-order valence-corrected chi connectivity index (χ4v) is 3.21. The SMILES string of the molecule is Cc1ccc(-c2cccc(CNC(=O)Nc3ccc4c(c3)C(=O)NC4=O)c2)cc1. The topological polar surface area (TPSA) is 87.3 Å². The number of aryl methyl sites for hydroxylation is 1. The molecule has 0 aliphatic carbocycles. The molecule has 0 aromatic heterocycles. The van der Waals surface area contributed by atoms with Crippen LogP contribution in [0.25, 0.3) is 11.1 Å². The van der Waals surface area contributed by atoms with Crippen LogP contribution in [0.15, 0.2) is 66.7 Å². The van der Waals surface area contributed by atoms with E-state index in [-0.39, 0.29) is 5.56 Å². The molecule has 1 heterocycles. The van der Waals surface area contributed by atoms with Crippen molar-refractivity contribution in [1.82, 2.24) is 10.6 Å². The third-order valence-corrected chi connectivity index (χ3v) is 4.76. The molecule has 0 fully saturated rings. The number of rotatable bonds is 4. The molecule has 3 aromatic carbocycles. The van der Waals surface area contributed by atoms with Gasteiger partial charge in [0.05, 0.1) is 11.1 Å². The first-order chi connectivity index (χ1) is 14.0. The molecular weight excluding hydrogens is 366 g/mol. The number of benzene rings is 3. The van der Waals surface area contributed by atoms with Crippen LogP contribution in [-0.2, 0) is 6.54 Å². The molecule has 3 aromatic rings. The number of carbonyl (C=O) groups is 3. The highest BCUT2D eigenvalue weighted by atomic mass is 16.2. The first kappa shape index (κ1) is 18.4. The number of hydrogen-bond donors (Lipinski definition) is 3. The summed E-state index contributed by atoms with van der Waals surface area (Å²) in [6, 6.07) is 20.5. The summed E-state index contributed by atoms with van der Waals surface area (Å²) in [6.07, 6.45) is 0. The fraction of sp³-hybridized carbons (Fsp3) is 0.0870. The molecule has 144 valence electrons. The highest BCUT2D eigenvalue weighted by molar-refractivity contribution is 6.22. The van der Waals surface area contributed by atoms with Crippen molar-refractivity contribution >= 4 is 23.5 Å². The first-order valence-electron chi connectivity index (χ1n) is 9.20. The predicted octanol–water partition coefficient (Wildman–Crippen LogP) is 3.87. The number of hydrogen-bond acceptors (Lipinski definition) is 3. The molecule has 6 nitrogen and oxygen atoms in total. The van der Waals surface area contributed by atoms with Crippen molar-refractivity contribution in [1.29, 1.82) is 0 Å². The van der Waals surface area contributed by atoms with Crippen molar-refractivity contribution in [2.45, 2.75) is 13.5 Å². The highest BCUT2D eigenvalue weighted by Crippen LogP contribution is 2.22. The minimum Gasteiger partial charge on any atom is -0.334 e. The minimum atomic E-state index is -0.457. The Hall–Kier alpha value is -3.93. The van der Waals surface area contributed by atoms with Crippen molar-refractivity contribution < 1.29 is 14.4 Å². The maximum Gasteiger partial charge on any atom is 0.319 e. The van der Waals surface area contributed by atoms with E-state index in [1.807, 2.05) is 31.2 Å². The Labute approximate surface area is 167 Å². The van der Waals surface area contributed by atoms with Crippen molar-refractivity contribution in [3.05, 3.63) is 89.0 Å². The zero-order chi connectivity index (χ0) is 20.4. The Morgan fingerprint density at radius 2 is 1.62 bits per heavy atom. The summed E-state index contributed by atoms with van der Waals surface area (Å²) < 4.78 is 0. The summed E-state index contributed by atoms with van der Waals surface area (Å²) in [4.78, 5) is 35.6. The van der Waals surface area contributed by atoms with Gasteiger partial charge in [0.25, 0.3) is 11.8 Å². The van der Waals surface area contributed by atoms with E-state index in [2.05, 4.69) is 40.2 Å². The third-order valence-electron chi connectivity index (χ3n) is 4.76. The first-order valence-corrected chi connectivity index (χ1v) is 9.20. The fourth-order valence-electron chi connectivity index (χ4n) is 3.21.